The van der Waals surface area contributed by atoms with Gasteiger partial charge in [-0.15, -0.1) is 0 Å². The molecule has 0 amide bonds. The van der Waals surface area contributed by atoms with Gasteiger partial charge < -0.3 is 28.9 Å². The van der Waals surface area contributed by atoms with Crippen LogP contribution in [-0.2, 0) is 23.7 Å². The largest absolute Gasteiger partial charge is 0.459 e. The number of esters is 1. The van der Waals surface area contributed by atoms with E-state index in [2.05, 4.69) is 5.16 Å². The molecule has 1 N–H and O–H groups in total. The van der Waals surface area contributed by atoms with Gasteiger partial charge in [0.2, 0.25) is 0 Å². The normalized spacial score (nSPS) is 26.2. The highest BCUT2D eigenvalue weighted by atomic mass is 16.8. The molecule has 0 spiro atoms. The van der Waals surface area contributed by atoms with Crippen LogP contribution in [0.4, 0.5) is 0 Å². The van der Waals surface area contributed by atoms with Crippen LogP contribution in [0.3, 0.4) is 0 Å². The van der Waals surface area contributed by atoms with Crippen LogP contribution in [0.5, 0.6) is 0 Å². The third-order valence-electron chi connectivity index (χ3n) is 4.10. The maximum Gasteiger partial charge on any atom is 0.338 e. The lowest BCUT2D eigenvalue weighted by atomic mass is 10.1. The Morgan fingerprint density at radius 3 is 2.58 bits per heavy atom. The zero-order chi connectivity index (χ0) is 18.6. The summed E-state index contributed by atoms with van der Waals surface area (Å²) in [4.78, 5) is 12.1. The molecular weight excluding hydrogens is 342 g/mol. The van der Waals surface area contributed by atoms with Crippen molar-refractivity contribution in [3.8, 4) is 0 Å². The summed E-state index contributed by atoms with van der Waals surface area (Å²) >= 11 is 0. The Balaban J connectivity index is 1.64. The van der Waals surface area contributed by atoms with Crippen molar-refractivity contribution < 1.29 is 33.7 Å². The molecule has 0 saturated carbocycles. The summed E-state index contributed by atoms with van der Waals surface area (Å²) in [5, 5.41) is 12.8. The lowest BCUT2D eigenvalue weighted by molar-refractivity contribution is -0.146. The summed E-state index contributed by atoms with van der Waals surface area (Å²) in [6.45, 7) is 4.45. The van der Waals surface area contributed by atoms with Crippen LogP contribution in [0.15, 0.2) is 35.5 Å². The van der Waals surface area contributed by atoms with E-state index in [4.69, 9.17) is 23.7 Å². The Hall–Kier alpha value is -2.00. The number of hydrogen-bond acceptors (Lipinski definition) is 8. The Bertz CT molecular complexity index is 640. The van der Waals surface area contributed by atoms with Gasteiger partial charge in [0.25, 0.3) is 0 Å². The summed E-state index contributed by atoms with van der Waals surface area (Å²) in [5.74, 6) is -1.36. The van der Waals surface area contributed by atoms with E-state index in [1.54, 1.807) is 38.1 Å². The molecular formula is C18H23NO7. The second kappa shape index (κ2) is 8.13. The SMILES string of the molecule is CC1(C)O[C@@H](COC(=O)c2ccccc2)[C@H](C(CC2OCCO2)=NO)O1. The first-order valence-corrected chi connectivity index (χ1v) is 8.50. The van der Waals surface area contributed by atoms with Crippen molar-refractivity contribution in [2.24, 2.45) is 5.16 Å². The summed E-state index contributed by atoms with van der Waals surface area (Å²) in [6.07, 6.45) is -1.53. The first-order chi connectivity index (χ1) is 12.5. The first-order valence-electron chi connectivity index (χ1n) is 8.50. The first kappa shape index (κ1) is 18.8. The van der Waals surface area contributed by atoms with Crippen molar-refractivity contribution >= 4 is 11.7 Å². The molecule has 2 saturated heterocycles. The number of rotatable bonds is 6. The van der Waals surface area contributed by atoms with E-state index in [0.29, 0.717) is 24.5 Å². The van der Waals surface area contributed by atoms with Crippen LogP contribution < -0.4 is 0 Å². The van der Waals surface area contributed by atoms with Gasteiger partial charge in [0.15, 0.2) is 12.1 Å². The van der Waals surface area contributed by atoms with Crippen molar-refractivity contribution in [2.45, 2.75) is 44.6 Å². The minimum Gasteiger partial charge on any atom is -0.459 e. The van der Waals surface area contributed by atoms with Gasteiger partial charge in [-0.2, -0.15) is 0 Å². The minimum absolute atomic E-state index is 0.0345. The van der Waals surface area contributed by atoms with Gasteiger partial charge in [-0.1, -0.05) is 23.4 Å². The van der Waals surface area contributed by atoms with Crippen LogP contribution >= 0.6 is 0 Å². The maximum absolute atomic E-state index is 12.1. The summed E-state index contributed by atoms with van der Waals surface area (Å²) in [7, 11) is 0. The van der Waals surface area contributed by atoms with Crippen LogP contribution in [0, 0.1) is 0 Å². The van der Waals surface area contributed by atoms with Crippen LogP contribution in [0.1, 0.15) is 30.6 Å². The van der Waals surface area contributed by atoms with Crippen molar-refractivity contribution in [1.82, 2.24) is 0 Å². The van der Waals surface area contributed by atoms with Crippen LogP contribution in [0.25, 0.3) is 0 Å². The molecule has 2 atom stereocenters. The molecule has 142 valence electrons. The van der Waals surface area contributed by atoms with E-state index < -0.39 is 30.3 Å². The molecule has 2 aliphatic rings. The predicted molar refractivity (Wildman–Crippen MR) is 90.1 cm³/mol. The lowest BCUT2D eigenvalue weighted by Gasteiger charge is -2.19. The molecule has 3 rings (SSSR count). The van der Waals surface area contributed by atoms with E-state index in [0.717, 1.165) is 0 Å². The molecule has 0 unspecified atom stereocenters. The van der Waals surface area contributed by atoms with Crippen molar-refractivity contribution in [3.05, 3.63) is 35.9 Å². The molecule has 2 aliphatic heterocycles. The second-order valence-electron chi connectivity index (χ2n) is 6.53. The Morgan fingerprint density at radius 2 is 1.92 bits per heavy atom. The zero-order valence-corrected chi connectivity index (χ0v) is 14.8. The van der Waals surface area contributed by atoms with Gasteiger partial charge in [0, 0.05) is 6.42 Å². The third-order valence-corrected chi connectivity index (χ3v) is 4.10. The number of ether oxygens (including phenoxy) is 5. The van der Waals surface area contributed by atoms with E-state index >= 15 is 0 Å². The molecule has 0 radical (unpaired) electrons. The van der Waals surface area contributed by atoms with E-state index in [1.807, 2.05) is 6.07 Å². The molecule has 0 bridgehead atoms. The monoisotopic (exact) mass is 365 g/mol. The fraction of sp³-hybridized carbons (Fsp3) is 0.556. The summed E-state index contributed by atoms with van der Waals surface area (Å²) in [5.41, 5.74) is 0.772. The molecule has 1 aromatic rings. The quantitative estimate of drug-likeness (QED) is 0.356. The molecule has 0 aliphatic carbocycles. The molecule has 8 nitrogen and oxygen atoms in total. The molecule has 2 heterocycles. The van der Waals surface area contributed by atoms with E-state index in [1.165, 1.54) is 0 Å². The van der Waals surface area contributed by atoms with Gasteiger partial charge in [-0.05, 0) is 26.0 Å². The Kier molecular flexibility index (Phi) is 5.87. The second-order valence-corrected chi connectivity index (χ2v) is 6.53. The summed E-state index contributed by atoms with van der Waals surface area (Å²) < 4.78 is 27.8. The predicted octanol–water partition coefficient (Wildman–Crippen LogP) is 1.96. The number of hydrogen-bond donors (Lipinski definition) is 1. The van der Waals surface area contributed by atoms with Crippen molar-refractivity contribution in [3.63, 3.8) is 0 Å². The lowest BCUT2D eigenvalue weighted by Crippen LogP contribution is -2.37. The number of carbonyl (C=O) groups excluding carboxylic acids is 1. The highest BCUT2D eigenvalue weighted by Crippen LogP contribution is 2.31. The van der Waals surface area contributed by atoms with Crippen LogP contribution in [0.2, 0.25) is 0 Å². The topological polar surface area (TPSA) is 95.8 Å². The third kappa shape index (κ3) is 4.59. The molecule has 0 aromatic heterocycles. The number of benzene rings is 1. The van der Waals surface area contributed by atoms with Gasteiger partial charge in [0.1, 0.15) is 18.8 Å². The average molecular weight is 365 g/mol. The van der Waals surface area contributed by atoms with Gasteiger partial charge >= 0.3 is 5.97 Å². The minimum atomic E-state index is -0.901. The fourth-order valence-corrected chi connectivity index (χ4v) is 2.96. The zero-order valence-electron chi connectivity index (χ0n) is 14.8. The van der Waals surface area contributed by atoms with Gasteiger partial charge in [-0.25, -0.2) is 4.79 Å². The number of nitrogens with zero attached hydrogens (tertiary/aromatic N) is 1. The number of carbonyl (C=O) groups is 1. The van der Waals surface area contributed by atoms with Crippen LogP contribution in [-0.4, -0.2) is 61.0 Å². The Labute approximate surface area is 151 Å². The molecule has 1 aromatic carbocycles. The standard InChI is InChI=1S/C18H23NO7/c1-18(2)25-14(11-24-17(20)12-6-4-3-5-7-12)16(26-18)13(19-21)10-15-22-8-9-23-15/h3-7,14-16,21H,8-11H2,1-2H3/t14-,16-/m0/s1. The highest BCUT2D eigenvalue weighted by Gasteiger charge is 2.45. The smallest absolute Gasteiger partial charge is 0.338 e. The highest BCUT2D eigenvalue weighted by molar-refractivity contribution is 5.90. The van der Waals surface area contributed by atoms with E-state index in [9.17, 15) is 10.0 Å². The van der Waals surface area contributed by atoms with Crippen molar-refractivity contribution in [2.75, 3.05) is 19.8 Å². The summed E-state index contributed by atoms with van der Waals surface area (Å²) in [6, 6.07) is 8.68. The molecule has 8 heteroatoms. The molecule has 26 heavy (non-hydrogen) atoms. The van der Waals surface area contributed by atoms with Crippen molar-refractivity contribution in [1.29, 1.82) is 0 Å². The Morgan fingerprint density at radius 1 is 1.23 bits per heavy atom. The van der Waals surface area contributed by atoms with Gasteiger partial charge in [0.05, 0.1) is 24.5 Å². The van der Waals surface area contributed by atoms with Gasteiger partial charge in [-0.3, -0.25) is 0 Å². The number of oxime groups is 1. The maximum atomic E-state index is 12.1. The average Bonchev–Trinajstić information content (AvgIpc) is 3.25. The van der Waals surface area contributed by atoms with E-state index in [-0.39, 0.29) is 13.0 Å². The molecule has 2 fully saturated rings. The fourth-order valence-electron chi connectivity index (χ4n) is 2.96.